The van der Waals surface area contributed by atoms with Crippen molar-refractivity contribution in [3.8, 4) is 23.0 Å². The molecule has 0 fully saturated rings. The number of nitrogens with one attached hydrogen (secondary N) is 2. The number of nitrogens with zero attached hydrogens (tertiary/aromatic N) is 4. The Labute approximate surface area is 242 Å². The number of carbonyl (C=O) groups is 2. The molecule has 0 aliphatic carbocycles. The highest BCUT2D eigenvalue weighted by atomic mass is 16.8. The van der Waals surface area contributed by atoms with Crippen LogP contribution in [0.25, 0.3) is 0 Å². The summed E-state index contributed by atoms with van der Waals surface area (Å²) in [5.41, 5.74) is 1.45. The Balaban J connectivity index is 1.28. The first-order valence-electron chi connectivity index (χ1n) is 13.5. The summed E-state index contributed by atoms with van der Waals surface area (Å²) >= 11 is 0. The second kappa shape index (κ2) is 10.5. The summed E-state index contributed by atoms with van der Waals surface area (Å²) in [5, 5.41) is 6.24. The molecular formula is C28H32N6O8. The lowest BCUT2D eigenvalue weighted by Gasteiger charge is -2.43. The van der Waals surface area contributed by atoms with Crippen LogP contribution < -0.4 is 39.4 Å². The Morgan fingerprint density at radius 2 is 1.19 bits per heavy atom. The van der Waals surface area contributed by atoms with E-state index in [1.165, 1.54) is 0 Å². The molecule has 2 unspecified atom stereocenters. The van der Waals surface area contributed by atoms with Gasteiger partial charge >= 0.3 is 23.5 Å². The molecule has 0 saturated carbocycles. The molecule has 0 radical (unpaired) electrons. The summed E-state index contributed by atoms with van der Waals surface area (Å²) in [6.45, 7) is 2.07. The molecule has 6 rings (SSSR count). The van der Waals surface area contributed by atoms with Gasteiger partial charge in [0, 0.05) is 39.3 Å². The van der Waals surface area contributed by atoms with Crippen molar-refractivity contribution in [2.45, 2.75) is 11.6 Å². The number of methoxy groups -OCH3 is 2. The predicted octanol–water partition coefficient (Wildman–Crippen LogP) is 0.544. The molecular weight excluding hydrogens is 548 g/mol. The largest absolute Gasteiger partial charge is 0.497 e. The molecule has 4 aliphatic rings. The summed E-state index contributed by atoms with van der Waals surface area (Å²) in [6, 6.07) is 10.5. The Morgan fingerprint density at radius 3 is 1.55 bits per heavy atom. The first-order valence-corrected chi connectivity index (χ1v) is 13.5. The van der Waals surface area contributed by atoms with Crippen molar-refractivity contribution >= 4 is 35.0 Å². The zero-order valence-corrected chi connectivity index (χ0v) is 23.8. The van der Waals surface area contributed by atoms with E-state index < -0.39 is 23.5 Å². The van der Waals surface area contributed by atoms with E-state index in [4.69, 9.17) is 28.4 Å². The van der Waals surface area contributed by atoms with Gasteiger partial charge in [0.2, 0.25) is 0 Å². The second-order valence-corrected chi connectivity index (χ2v) is 10.2. The number of likely N-dealkylation sites (N-methyl/N-ethyl adjacent to an activating group) is 2. The van der Waals surface area contributed by atoms with Crippen LogP contribution in [0, 0.1) is 0 Å². The lowest BCUT2D eigenvalue weighted by molar-refractivity contribution is -0.202. The average Bonchev–Trinajstić information content (AvgIpc) is 3.73. The van der Waals surface area contributed by atoms with Gasteiger partial charge in [-0.25, -0.2) is 9.59 Å². The van der Waals surface area contributed by atoms with Crippen molar-refractivity contribution in [3.05, 3.63) is 36.4 Å². The van der Waals surface area contributed by atoms with Crippen LogP contribution in [0.4, 0.5) is 11.4 Å². The molecule has 42 heavy (non-hydrogen) atoms. The maximum Gasteiger partial charge on any atom is 0.421 e. The highest BCUT2D eigenvalue weighted by molar-refractivity contribution is 6.30. The van der Waals surface area contributed by atoms with Crippen LogP contribution in [-0.2, 0) is 19.1 Å². The van der Waals surface area contributed by atoms with Gasteiger partial charge < -0.3 is 48.9 Å². The summed E-state index contributed by atoms with van der Waals surface area (Å²) in [6.07, 6.45) is 0. The van der Waals surface area contributed by atoms with Crippen molar-refractivity contribution in [2.75, 3.05) is 77.4 Å². The lowest BCUT2D eigenvalue weighted by Crippen LogP contribution is -2.63. The second-order valence-electron chi connectivity index (χ2n) is 10.2. The van der Waals surface area contributed by atoms with Gasteiger partial charge in [0.05, 0.1) is 38.7 Å². The summed E-state index contributed by atoms with van der Waals surface area (Å²) in [4.78, 5) is 39.6. The maximum atomic E-state index is 13.5. The Morgan fingerprint density at radius 1 is 0.762 bits per heavy atom. The van der Waals surface area contributed by atoms with Crippen LogP contribution in [0.5, 0.6) is 23.0 Å². The molecule has 222 valence electrons. The molecule has 4 aliphatic heterocycles. The van der Waals surface area contributed by atoms with Crippen LogP contribution in [0.15, 0.2) is 46.4 Å². The summed E-state index contributed by atoms with van der Waals surface area (Å²) in [7, 11) is 6.77. The third kappa shape index (κ3) is 4.72. The van der Waals surface area contributed by atoms with Gasteiger partial charge in [0.25, 0.3) is 0 Å². The number of anilines is 2. The molecule has 0 bridgehead atoms. The normalized spacial score (nSPS) is 24.0. The fraction of sp³-hybridized carbons (Fsp3) is 0.429. The van der Waals surface area contributed by atoms with E-state index in [9.17, 15) is 9.59 Å². The van der Waals surface area contributed by atoms with E-state index in [1.807, 2.05) is 36.0 Å². The summed E-state index contributed by atoms with van der Waals surface area (Å²) < 4.78 is 34.9. The number of ether oxygens (including phenoxy) is 6. The van der Waals surface area contributed by atoms with Gasteiger partial charge in [-0.3, -0.25) is 9.98 Å². The molecule has 0 amide bonds. The highest BCUT2D eigenvalue weighted by Crippen LogP contribution is 2.41. The predicted molar refractivity (Wildman–Crippen MR) is 152 cm³/mol. The van der Waals surface area contributed by atoms with Crippen molar-refractivity contribution in [1.82, 2.24) is 10.6 Å². The van der Waals surface area contributed by atoms with Crippen LogP contribution >= 0.6 is 0 Å². The minimum Gasteiger partial charge on any atom is -0.497 e. The molecule has 14 heteroatoms. The van der Waals surface area contributed by atoms with Crippen molar-refractivity contribution < 1.29 is 38.0 Å². The SMILES string of the molecule is COc1ccc2c(c1)N(C)CC(OC(=O)C(=O)OC1(C3=NCCN3)CN(C)c3cc(OC)ccc3O1)(C1=NCCN1)O2. The van der Waals surface area contributed by atoms with E-state index in [0.717, 1.165) is 11.4 Å². The number of carbonyl (C=O) groups excluding carboxylic acids is 2. The van der Waals surface area contributed by atoms with Crippen molar-refractivity contribution in [3.63, 3.8) is 0 Å². The fourth-order valence-electron chi connectivity index (χ4n) is 5.37. The number of aliphatic imine (C=N–C) groups is 2. The van der Waals surface area contributed by atoms with Crippen LogP contribution in [-0.4, -0.2) is 103 Å². The number of hydrogen-bond donors (Lipinski definition) is 2. The topological polar surface area (TPSA) is 145 Å². The quantitative estimate of drug-likeness (QED) is 0.364. The molecule has 4 heterocycles. The van der Waals surface area contributed by atoms with Gasteiger partial charge in [-0.15, -0.1) is 0 Å². The zero-order valence-electron chi connectivity index (χ0n) is 23.8. The standard InChI is InChI=1S/C28H32N6O8/c1-33-15-27(25-29-9-10-30-25,39-21-7-5-17(37-3)13-19(21)33)41-23(35)24(36)42-28(26-31-11-12-32-26)16-34(2)20-14-18(38-4)6-8-22(20)40-28/h5-8,13-14H,9-12,15-16H2,1-4H3,(H,29,30)(H,31,32). The third-order valence-corrected chi connectivity index (χ3v) is 7.35. The number of esters is 2. The molecule has 2 N–H and O–H groups in total. The molecule has 2 atom stereocenters. The highest BCUT2D eigenvalue weighted by Gasteiger charge is 2.53. The van der Waals surface area contributed by atoms with Crippen molar-refractivity contribution in [1.29, 1.82) is 0 Å². The number of hydrogen-bond acceptors (Lipinski definition) is 14. The van der Waals surface area contributed by atoms with Crippen molar-refractivity contribution in [2.24, 2.45) is 9.98 Å². The molecule has 2 aromatic rings. The first-order chi connectivity index (χ1) is 20.3. The minimum absolute atomic E-state index is 0.0475. The van der Waals surface area contributed by atoms with Gasteiger partial charge in [0.1, 0.15) is 36.1 Å². The fourth-order valence-corrected chi connectivity index (χ4v) is 5.37. The number of rotatable bonds is 6. The van der Waals surface area contributed by atoms with E-state index in [0.29, 0.717) is 60.8 Å². The third-order valence-electron chi connectivity index (χ3n) is 7.35. The smallest absolute Gasteiger partial charge is 0.421 e. The monoisotopic (exact) mass is 580 g/mol. The van der Waals surface area contributed by atoms with E-state index >= 15 is 0 Å². The van der Waals surface area contributed by atoms with Crippen LogP contribution in [0.2, 0.25) is 0 Å². The molecule has 0 aromatic heterocycles. The van der Waals surface area contributed by atoms with E-state index in [1.54, 1.807) is 38.5 Å². The van der Waals surface area contributed by atoms with Gasteiger partial charge in [0.15, 0.2) is 11.7 Å². The molecule has 2 aromatic carbocycles. The minimum atomic E-state index is -1.73. The maximum absolute atomic E-state index is 13.5. The van der Waals surface area contributed by atoms with Gasteiger partial charge in [-0.1, -0.05) is 0 Å². The van der Waals surface area contributed by atoms with Gasteiger partial charge in [-0.05, 0) is 24.3 Å². The Bertz CT molecular complexity index is 1370. The molecule has 0 saturated heterocycles. The van der Waals surface area contributed by atoms with Gasteiger partial charge in [-0.2, -0.15) is 0 Å². The Kier molecular flexibility index (Phi) is 6.83. The average molecular weight is 581 g/mol. The van der Waals surface area contributed by atoms with E-state index in [-0.39, 0.29) is 13.1 Å². The first kappa shape index (κ1) is 27.3. The molecule has 0 spiro atoms. The number of amidine groups is 2. The number of benzene rings is 2. The lowest BCUT2D eigenvalue weighted by atomic mass is 10.1. The van der Waals surface area contributed by atoms with Crippen LogP contribution in [0.3, 0.4) is 0 Å². The van der Waals surface area contributed by atoms with E-state index in [2.05, 4.69) is 20.6 Å². The zero-order chi connectivity index (χ0) is 29.5. The number of fused-ring (bicyclic) bond motifs is 2. The Hall–Kier alpha value is -4.88. The van der Waals surface area contributed by atoms with Crippen LogP contribution in [0.1, 0.15) is 0 Å². The summed E-state index contributed by atoms with van der Waals surface area (Å²) in [5.74, 6) is -3.29. The molecule has 14 nitrogen and oxygen atoms in total.